The van der Waals surface area contributed by atoms with Gasteiger partial charge in [-0.3, -0.25) is 4.98 Å². The Bertz CT molecular complexity index is 473. The predicted molar refractivity (Wildman–Crippen MR) is 69.5 cm³/mol. The summed E-state index contributed by atoms with van der Waals surface area (Å²) >= 11 is 0. The zero-order valence-electron chi connectivity index (χ0n) is 10.9. The summed E-state index contributed by atoms with van der Waals surface area (Å²) in [5.41, 5.74) is 0.722. The molecule has 1 N–H and O–H groups in total. The van der Waals surface area contributed by atoms with Gasteiger partial charge < -0.3 is 5.32 Å². The van der Waals surface area contributed by atoms with E-state index in [1.165, 1.54) is 18.5 Å². The summed E-state index contributed by atoms with van der Waals surface area (Å²) in [4.78, 5) is 4.01. The minimum atomic E-state index is -3.01. The van der Waals surface area contributed by atoms with Crippen molar-refractivity contribution in [3.63, 3.8) is 0 Å². The number of hydrogen-bond donors (Lipinski definition) is 1. The summed E-state index contributed by atoms with van der Waals surface area (Å²) < 4.78 is 35.2. The lowest BCUT2D eigenvalue weighted by Gasteiger charge is -2.21. The second kappa shape index (κ2) is 6.24. The molecule has 0 saturated heterocycles. The fourth-order valence-electron chi connectivity index (χ4n) is 1.85. The van der Waals surface area contributed by atoms with E-state index >= 15 is 0 Å². The molecule has 18 heavy (non-hydrogen) atoms. The largest absolute Gasteiger partial charge is 0.305 e. The van der Waals surface area contributed by atoms with E-state index in [2.05, 4.69) is 10.3 Å². The van der Waals surface area contributed by atoms with Crippen LogP contribution in [-0.2, 0) is 9.84 Å². The molecule has 0 radical (unpaired) electrons. The van der Waals surface area contributed by atoms with Gasteiger partial charge in [-0.2, -0.15) is 0 Å². The first-order chi connectivity index (χ1) is 8.31. The topological polar surface area (TPSA) is 59.1 Å². The highest BCUT2D eigenvalue weighted by Gasteiger charge is 2.16. The van der Waals surface area contributed by atoms with Crippen molar-refractivity contribution in [2.45, 2.75) is 32.4 Å². The van der Waals surface area contributed by atoms with Gasteiger partial charge >= 0.3 is 0 Å². The fraction of sp³-hybridized carbons (Fsp3) is 0.583. The molecule has 1 rings (SSSR count). The molecule has 4 nitrogen and oxygen atoms in total. The van der Waals surface area contributed by atoms with Crippen molar-refractivity contribution in [1.29, 1.82) is 0 Å². The number of nitrogens with zero attached hydrogens (tertiary/aromatic N) is 1. The summed E-state index contributed by atoms with van der Waals surface area (Å²) in [5, 5.41) is 3.19. The molecule has 1 heterocycles. The molecule has 0 amide bonds. The van der Waals surface area contributed by atoms with Crippen LogP contribution in [0.2, 0.25) is 0 Å². The molecule has 6 heteroatoms. The van der Waals surface area contributed by atoms with Gasteiger partial charge in [0.05, 0.1) is 17.6 Å². The zero-order chi connectivity index (χ0) is 13.8. The van der Waals surface area contributed by atoms with E-state index in [1.54, 1.807) is 6.07 Å². The summed E-state index contributed by atoms with van der Waals surface area (Å²) in [6.45, 7) is 3.78. The van der Waals surface area contributed by atoms with Gasteiger partial charge in [-0.15, -0.1) is 0 Å². The van der Waals surface area contributed by atoms with Gasteiger partial charge in [0.2, 0.25) is 0 Å². The first-order valence-electron chi connectivity index (χ1n) is 5.87. The van der Waals surface area contributed by atoms with Gasteiger partial charge in [0, 0.05) is 18.3 Å². The molecule has 1 aromatic rings. The first kappa shape index (κ1) is 15.0. The number of nitrogens with one attached hydrogen (secondary N) is 1. The lowest BCUT2D eigenvalue weighted by molar-refractivity contribution is 0.454. The van der Waals surface area contributed by atoms with Crippen LogP contribution in [-0.4, -0.2) is 31.5 Å². The monoisotopic (exact) mass is 274 g/mol. The summed E-state index contributed by atoms with van der Waals surface area (Å²) in [7, 11) is -3.01. The minimum absolute atomic E-state index is 0.0673. The molecule has 2 unspecified atom stereocenters. The van der Waals surface area contributed by atoms with E-state index in [0.717, 1.165) is 12.1 Å². The van der Waals surface area contributed by atoms with Gasteiger partial charge in [-0.05, 0) is 25.5 Å². The minimum Gasteiger partial charge on any atom is -0.305 e. The van der Waals surface area contributed by atoms with E-state index in [-0.39, 0.29) is 23.7 Å². The first-order valence-corrected chi connectivity index (χ1v) is 7.93. The predicted octanol–water partition coefficient (Wildman–Crippen LogP) is 1.69. The lowest BCUT2D eigenvalue weighted by Crippen LogP contribution is -2.35. The lowest BCUT2D eigenvalue weighted by atomic mass is 10.1. The van der Waals surface area contributed by atoms with Crippen LogP contribution in [0.4, 0.5) is 4.39 Å². The van der Waals surface area contributed by atoms with E-state index in [9.17, 15) is 12.8 Å². The van der Waals surface area contributed by atoms with Crippen LogP contribution in [0.3, 0.4) is 0 Å². The Morgan fingerprint density at radius 2 is 2.11 bits per heavy atom. The van der Waals surface area contributed by atoms with Crippen LogP contribution < -0.4 is 5.32 Å². The Kier molecular flexibility index (Phi) is 5.22. The second-order valence-electron chi connectivity index (χ2n) is 4.52. The summed E-state index contributed by atoms with van der Waals surface area (Å²) in [6.07, 6.45) is 3.13. The molecule has 0 aliphatic heterocycles. The maximum Gasteiger partial charge on any atom is 0.148 e. The molecule has 2 atom stereocenters. The third-order valence-corrected chi connectivity index (χ3v) is 3.66. The average molecular weight is 274 g/mol. The maximum atomic E-state index is 12.8. The molecule has 102 valence electrons. The van der Waals surface area contributed by atoms with Crippen molar-refractivity contribution in [3.05, 3.63) is 29.8 Å². The highest BCUT2D eigenvalue weighted by atomic mass is 32.2. The van der Waals surface area contributed by atoms with Crippen LogP contribution >= 0.6 is 0 Å². The molecule has 0 aliphatic rings. The molecule has 0 aromatic carbocycles. The molecular formula is C12H19FN2O2S. The van der Waals surface area contributed by atoms with Crippen LogP contribution in [0.25, 0.3) is 0 Å². The van der Waals surface area contributed by atoms with E-state index < -0.39 is 9.84 Å². The molecule has 0 bridgehead atoms. The standard InChI is InChI=1S/C12H19FN2O2S/c1-4-11(12-6-5-10(13)7-14-12)15-9(2)8-18(3,16)17/h5-7,9,11,15H,4,8H2,1-3H3. The fourth-order valence-corrected chi connectivity index (χ4v) is 2.86. The molecule has 0 spiro atoms. The summed E-state index contributed by atoms with van der Waals surface area (Å²) in [5.74, 6) is -0.303. The van der Waals surface area contributed by atoms with Crippen molar-refractivity contribution in [2.24, 2.45) is 0 Å². The molecule has 0 aliphatic carbocycles. The Hall–Kier alpha value is -1.01. The van der Waals surface area contributed by atoms with Gasteiger partial charge in [-0.1, -0.05) is 6.92 Å². The third kappa shape index (κ3) is 5.10. The van der Waals surface area contributed by atoms with Crippen molar-refractivity contribution in [3.8, 4) is 0 Å². The Balaban J connectivity index is 2.70. The maximum absolute atomic E-state index is 12.8. The zero-order valence-corrected chi connectivity index (χ0v) is 11.7. The highest BCUT2D eigenvalue weighted by Crippen LogP contribution is 2.15. The molecular weight excluding hydrogens is 255 g/mol. The van der Waals surface area contributed by atoms with E-state index in [0.29, 0.717) is 0 Å². The summed E-state index contributed by atoms with van der Waals surface area (Å²) in [6, 6.07) is 2.73. The van der Waals surface area contributed by atoms with Crippen molar-refractivity contribution < 1.29 is 12.8 Å². The third-order valence-electron chi connectivity index (χ3n) is 2.55. The van der Waals surface area contributed by atoms with E-state index in [4.69, 9.17) is 0 Å². The van der Waals surface area contributed by atoms with Crippen molar-refractivity contribution >= 4 is 9.84 Å². The normalized spacial score (nSPS) is 15.3. The molecule has 0 fully saturated rings. The Labute approximate surface area is 108 Å². The van der Waals surface area contributed by atoms with Crippen LogP contribution in [0.15, 0.2) is 18.3 Å². The Morgan fingerprint density at radius 3 is 2.56 bits per heavy atom. The average Bonchev–Trinajstić information content (AvgIpc) is 2.25. The Morgan fingerprint density at radius 1 is 1.44 bits per heavy atom. The quantitative estimate of drug-likeness (QED) is 0.857. The van der Waals surface area contributed by atoms with Crippen LogP contribution in [0.5, 0.6) is 0 Å². The highest BCUT2D eigenvalue weighted by molar-refractivity contribution is 7.90. The second-order valence-corrected chi connectivity index (χ2v) is 6.71. The van der Waals surface area contributed by atoms with Crippen LogP contribution in [0, 0.1) is 5.82 Å². The van der Waals surface area contributed by atoms with Crippen molar-refractivity contribution in [2.75, 3.05) is 12.0 Å². The van der Waals surface area contributed by atoms with Crippen LogP contribution in [0.1, 0.15) is 32.0 Å². The number of hydrogen-bond acceptors (Lipinski definition) is 4. The smallest absolute Gasteiger partial charge is 0.148 e. The van der Waals surface area contributed by atoms with Crippen molar-refractivity contribution in [1.82, 2.24) is 10.3 Å². The molecule has 1 aromatic heterocycles. The number of pyridine rings is 1. The number of halogens is 1. The number of sulfone groups is 1. The molecule has 0 saturated carbocycles. The number of aromatic nitrogens is 1. The SMILES string of the molecule is CCC(NC(C)CS(C)(=O)=O)c1ccc(F)cn1. The van der Waals surface area contributed by atoms with Gasteiger partial charge in [0.1, 0.15) is 15.7 Å². The van der Waals surface area contributed by atoms with E-state index in [1.807, 2.05) is 13.8 Å². The van der Waals surface area contributed by atoms with Gasteiger partial charge in [0.15, 0.2) is 0 Å². The number of rotatable bonds is 6. The van der Waals surface area contributed by atoms with Gasteiger partial charge in [0.25, 0.3) is 0 Å². The van der Waals surface area contributed by atoms with Gasteiger partial charge in [-0.25, -0.2) is 12.8 Å².